The molecular weight excluding hydrogens is 246 g/mol. The van der Waals surface area contributed by atoms with Crippen molar-refractivity contribution in [2.24, 2.45) is 5.11 Å². The second-order valence-corrected chi connectivity index (χ2v) is 3.53. The van der Waals surface area contributed by atoms with Gasteiger partial charge >= 0.3 is 0 Å². The van der Waals surface area contributed by atoms with E-state index in [2.05, 4.69) is 26.0 Å². The number of ether oxygens (including phenoxy) is 1. The Morgan fingerprint density at radius 3 is 3.07 bits per heavy atom. The zero-order valence-electron chi connectivity index (χ0n) is 7.56. The van der Waals surface area contributed by atoms with E-state index in [-0.39, 0.29) is 0 Å². The first kappa shape index (κ1) is 10.9. The molecule has 0 heterocycles. The SMILES string of the molecule is [N-]=[N+]=NCCCOc1cccc(Br)c1. The lowest BCUT2D eigenvalue weighted by molar-refractivity contribution is 0.313. The summed E-state index contributed by atoms with van der Waals surface area (Å²) in [5.41, 5.74) is 8.03. The molecule has 0 radical (unpaired) electrons. The summed E-state index contributed by atoms with van der Waals surface area (Å²) in [6, 6.07) is 7.63. The summed E-state index contributed by atoms with van der Waals surface area (Å²) in [5, 5.41) is 3.41. The van der Waals surface area contributed by atoms with Crippen LogP contribution in [0.1, 0.15) is 6.42 Å². The lowest BCUT2D eigenvalue weighted by atomic mass is 10.3. The first-order chi connectivity index (χ1) is 6.83. The van der Waals surface area contributed by atoms with Crippen molar-refractivity contribution in [3.8, 4) is 5.75 Å². The van der Waals surface area contributed by atoms with Crippen LogP contribution < -0.4 is 4.74 Å². The molecule has 1 rings (SSSR count). The molecule has 0 spiro atoms. The number of nitrogens with zero attached hydrogens (tertiary/aromatic N) is 3. The van der Waals surface area contributed by atoms with Crippen molar-refractivity contribution in [1.82, 2.24) is 0 Å². The lowest BCUT2D eigenvalue weighted by Crippen LogP contribution is -1.98. The van der Waals surface area contributed by atoms with Gasteiger partial charge in [0, 0.05) is 15.9 Å². The molecule has 0 N–H and O–H groups in total. The van der Waals surface area contributed by atoms with Gasteiger partial charge in [-0.2, -0.15) is 0 Å². The second kappa shape index (κ2) is 6.29. The van der Waals surface area contributed by atoms with Crippen LogP contribution in [0.3, 0.4) is 0 Å². The number of hydrogen-bond donors (Lipinski definition) is 0. The number of azide groups is 1. The number of hydrogen-bond acceptors (Lipinski definition) is 2. The van der Waals surface area contributed by atoms with Crippen LogP contribution in [0.2, 0.25) is 0 Å². The summed E-state index contributed by atoms with van der Waals surface area (Å²) in [5.74, 6) is 0.820. The Kier molecular flexibility index (Phi) is 4.89. The molecular formula is C9H10BrN3O. The third kappa shape index (κ3) is 4.16. The standard InChI is InChI=1S/C9H10BrN3O/c10-8-3-1-4-9(7-8)14-6-2-5-12-13-11/h1,3-4,7H,2,5-6H2. The highest BCUT2D eigenvalue weighted by Gasteiger charge is 1.93. The van der Waals surface area contributed by atoms with E-state index in [0.29, 0.717) is 13.2 Å². The number of rotatable bonds is 5. The molecule has 14 heavy (non-hydrogen) atoms. The third-order valence-corrected chi connectivity index (χ3v) is 2.02. The van der Waals surface area contributed by atoms with Crippen molar-refractivity contribution >= 4 is 15.9 Å². The molecule has 0 aliphatic carbocycles. The van der Waals surface area contributed by atoms with Gasteiger partial charge in [0.25, 0.3) is 0 Å². The summed E-state index contributed by atoms with van der Waals surface area (Å²) in [6.45, 7) is 1.04. The molecule has 0 bridgehead atoms. The van der Waals surface area contributed by atoms with E-state index < -0.39 is 0 Å². The fraction of sp³-hybridized carbons (Fsp3) is 0.333. The van der Waals surface area contributed by atoms with Gasteiger partial charge < -0.3 is 4.74 Å². The van der Waals surface area contributed by atoms with Crippen molar-refractivity contribution in [3.05, 3.63) is 39.2 Å². The van der Waals surface area contributed by atoms with Crippen LogP contribution in [0.5, 0.6) is 5.75 Å². The van der Waals surface area contributed by atoms with Crippen molar-refractivity contribution in [1.29, 1.82) is 0 Å². The minimum Gasteiger partial charge on any atom is -0.494 e. The molecule has 0 amide bonds. The molecule has 4 nitrogen and oxygen atoms in total. The average Bonchev–Trinajstić information content (AvgIpc) is 2.18. The van der Waals surface area contributed by atoms with E-state index >= 15 is 0 Å². The summed E-state index contributed by atoms with van der Waals surface area (Å²) in [6.07, 6.45) is 0.733. The molecule has 0 atom stereocenters. The van der Waals surface area contributed by atoms with Crippen molar-refractivity contribution in [3.63, 3.8) is 0 Å². The van der Waals surface area contributed by atoms with Crippen LogP contribution in [0, 0.1) is 0 Å². The van der Waals surface area contributed by atoms with E-state index in [1.807, 2.05) is 24.3 Å². The molecule has 5 heteroatoms. The third-order valence-electron chi connectivity index (χ3n) is 1.53. The van der Waals surface area contributed by atoms with Crippen molar-refractivity contribution < 1.29 is 4.74 Å². The van der Waals surface area contributed by atoms with Gasteiger partial charge in [-0.3, -0.25) is 0 Å². The van der Waals surface area contributed by atoms with Crippen molar-refractivity contribution in [2.75, 3.05) is 13.2 Å². The highest BCUT2D eigenvalue weighted by atomic mass is 79.9. The van der Waals surface area contributed by atoms with E-state index in [4.69, 9.17) is 10.3 Å². The minimum absolute atomic E-state index is 0.477. The zero-order valence-corrected chi connectivity index (χ0v) is 9.14. The molecule has 0 saturated heterocycles. The van der Waals surface area contributed by atoms with Gasteiger partial charge in [0.2, 0.25) is 0 Å². The largest absolute Gasteiger partial charge is 0.494 e. The van der Waals surface area contributed by atoms with Gasteiger partial charge in [0.15, 0.2) is 0 Å². The van der Waals surface area contributed by atoms with Crippen LogP contribution >= 0.6 is 15.9 Å². The molecule has 0 saturated carbocycles. The highest BCUT2D eigenvalue weighted by Crippen LogP contribution is 2.17. The molecule has 0 aliphatic heterocycles. The normalized spacial score (nSPS) is 9.21. The lowest BCUT2D eigenvalue weighted by Gasteiger charge is -2.04. The maximum Gasteiger partial charge on any atom is 0.120 e. The molecule has 1 aromatic carbocycles. The predicted octanol–water partition coefficient (Wildman–Crippen LogP) is 3.53. The average molecular weight is 256 g/mol. The highest BCUT2D eigenvalue weighted by molar-refractivity contribution is 9.10. The maximum atomic E-state index is 8.03. The smallest absolute Gasteiger partial charge is 0.120 e. The minimum atomic E-state index is 0.477. The van der Waals surface area contributed by atoms with Crippen LogP contribution in [0.25, 0.3) is 10.4 Å². The van der Waals surface area contributed by atoms with Crippen LogP contribution in [0.4, 0.5) is 0 Å². The Morgan fingerprint density at radius 1 is 1.50 bits per heavy atom. The molecule has 1 aromatic rings. The Balaban J connectivity index is 2.27. The second-order valence-electron chi connectivity index (χ2n) is 2.61. The fourth-order valence-electron chi connectivity index (χ4n) is 0.927. The Morgan fingerprint density at radius 2 is 2.36 bits per heavy atom. The summed E-state index contributed by atoms with van der Waals surface area (Å²) in [4.78, 5) is 2.66. The van der Waals surface area contributed by atoms with E-state index in [1.54, 1.807) is 0 Å². The van der Waals surface area contributed by atoms with E-state index in [1.165, 1.54) is 0 Å². The van der Waals surface area contributed by atoms with Gasteiger partial charge in [-0.1, -0.05) is 27.1 Å². The van der Waals surface area contributed by atoms with Gasteiger partial charge in [-0.15, -0.1) is 0 Å². The number of benzene rings is 1. The summed E-state index contributed by atoms with van der Waals surface area (Å²) < 4.78 is 6.41. The predicted molar refractivity (Wildman–Crippen MR) is 58.3 cm³/mol. The van der Waals surface area contributed by atoms with E-state index in [0.717, 1.165) is 16.6 Å². The molecule has 0 fully saturated rings. The first-order valence-electron chi connectivity index (χ1n) is 4.22. The molecule has 0 aliphatic rings. The Labute approximate surface area is 90.6 Å². The Hall–Kier alpha value is -1.19. The van der Waals surface area contributed by atoms with Gasteiger partial charge in [0.05, 0.1) is 6.61 Å². The number of halogens is 1. The molecule has 0 aromatic heterocycles. The van der Waals surface area contributed by atoms with Crippen LogP contribution in [-0.2, 0) is 0 Å². The zero-order chi connectivity index (χ0) is 10.2. The molecule has 74 valence electrons. The summed E-state index contributed by atoms with van der Waals surface area (Å²) >= 11 is 3.35. The van der Waals surface area contributed by atoms with Gasteiger partial charge in [-0.05, 0) is 30.2 Å². The van der Waals surface area contributed by atoms with Gasteiger partial charge in [-0.25, -0.2) is 0 Å². The fourth-order valence-corrected chi connectivity index (χ4v) is 1.31. The maximum absolute atomic E-state index is 8.03. The van der Waals surface area contributed by atoms with Gasteiger partial charge in [0.1, 0.15) is 5.75 Å². The topological polar surface area (TPSA) is 58.0 Å². The van der Waals surface area contributed by atoms with E-state index in [9.17, 15) is 0 Å². The monoisotopic (exact) mass is 255 g/mol. The van der Waals surface area contributed by atoms with Crippen LogP contribution in [-0.4, -0.2) is 13.2 Å². The van der Waals surface area contributed by atoms with Crippen molar-refractivity contribution in [2.45, 2.75) is 6.42 Å². The molecule has 0 unspecified atom stereocenters. The quantitative estimate of drug-likeness (QED) is 0.344. The Bertz CT molecular complexity index is 337. The summed E-state index contributed by atoms with van der Waals surface area (Å²) in [7, 11) is 0. The first-order valence-corrected chi connectivity index (χ1v) is 5.01. The van der Waals surface area contributed by atoms with Crippen LogP contribution in [0.15, 0.2) is 33.9 Å².